The molecule has 1 amide bonds. The van der Waals surface area contributed by atoms with Crippen LogP contribution in [0.2, 0.25) is 5.02 Å². The summed E-state index contributed by atoms with van der Waals surface area (Å²) in [5, 5.41) is 0.589. The Balaban J connectivity index is 2.01. The maximum Gasteiger partial charge on any atom is 0.258 e. The Labute approximate surface area is 117 Å². The highest BCUT2D eigenvalue weighted by atomic mass is 35.5. The third-order valence-corrected chi connectivity index (χ3v) is 3.73. The first-order valence-corrected chi connectivity index (χ1v) is 6.71. The molecule has 0 N–H and O–H groups in total. The Morgan fingerprint density at radius 2 is 2.00 bits per heavy atom. The number of fused-ring (bicyclic) bond motifs is 1. The third-order valence-electron chi connectivity index (χ3n) is 3.50. The molecule has 96 valence electrons. The van der Waals surface area contributed by atoms with Gasteiger partial charge in [-0.2, -0.15) is 0 Å². The molecule has 2 aromatic rings. The first kappa shape index (κ1) is 12.2. The predicted octanol–water partition coefficient (Wildman–Crippen LogP) is 3.93. The number of carbonyl (C=O) groups excluding carboxylic acids is 1. The number of hydrogen-bond acceptors (Lipinski definition) is 1. The summed E-state index contributed by atoms with van der Waals surface area (Å²) in [6, 6.07) is 15.4. The number of carbonyl (C=O) groups is 1. The van der Waals surface area contributed by atoms with Crippen LogP contribution in [0.3, 0.4) is 0 Å². The van der Waals surface area contributed by atoms with E-state index < -0.39 is 0 Å². The van der Waals surface area contributed by atoms with Gasteiger partial charge in [-0.05, 0) is 43.2 Å². The molecular weight excluding hydrogens is 258 g/mol. The topological polar surface area (TPSA) is 20.3 Å². The van der Waals surface area contributed by atoms with Crippen LogP contribution in [0.5, 0.6) is 0 Å². The van der Waals surface area contributed by atoms with Crippen molar-refractivity contribution < 1.29 is 4.79 Å². The van der Waals surface area contributed by atoms with E-state index in [0.717, 1.165) is 12.1 Å². The third kappa shape index (κ3) is 2.13. The van der Waals surface area contributed by atoms with Gasteiger partial charge < -0.3 is 4.90 Å². The molecule has 0 spiro atoms. The van der Waals surface area contributed by atoms with E-state index in [1.165, 1.54) is 5.56 Å². The fourth-order valence-electron chi connectivity index (χ4n) is 2.64. The van der Waals surface area contributed by atoms with Crippen molar-refractivity contribution in [1.29, 1.82) is 0 Å². The highest BCUT2D eigenvalue weighted by molar-refractivity contribution is 6.31. The molecule has 2 nitrogen and oxygen atoms in total. The Kier molecular flexibility index (Phi) is 3.03. The number of rotatable bonds is 1. The number of nitrogens with zero attached hydrogens (tertiary/aromatic N) is 1. The van der Waals surface area contributed by atoms with Gasteiger partial charge in [0.1, 0.15) is 0 Å². The SMILES string of the molecule is CC1Cc2ccccc2N1C(=O)c1cccc(Cl)c1. The Morgan fingerprint density at radius 3 is 2.79 bits per heavy atom. The molecule has 0 radical (unpaired) electrons. The summed E-state index contributed by atoms with van der Waals surface area (Å²) in [6.07, 6.45) is 0.905. The number of para-hydroxylation sites is 1. The number of benzene rings is 2. The summed E-state index contributed by atoms with van der Waals surface area (Å²) in [5.41, 5.74) is 2.88. The van der Waals surface area contributed by atoms with E-state index >= 15 is 0 Å². The lowest BCUT2D eigenvalue weighted by Gasteiger charge is -2.22. The molecule has 0 bridgehead atoms. The Morgan fingerprint density at radius 1 is 1.21 bits per heavy atom. The summed E-state index contributed by atoms with van der Waals surface area (Å²) >= 11 is 5.96. The zero-order valence-corrected chi connectivity index (χ0v) is 11.4. The standard InChI is InChI=1S/C16H14ClNO/c1-11-9-12-5-2-3-8-15(12)18(11)16(19)13-6-4-7-14(17)10-13/h2-8,10-11H,9H2,1H3. The molecule has 0 saturated carbocycles. The van der Waals surface area contributed by atoms with E-state index in [1.54, 1.807) is 12.1 Å². The van der Waals surface area contributed by atoms with Crippen LogP contribution in [0.25, 0.3) is 0 Å². The largest absolute Gasteiger partial charge is 0.305 e. The van der Waals surface area contributed by atoms with Crippen LogP contribution in [-0.4, -0.2) is 11.9 Å². The van der Waals surface area contributed by atoms with Crippen LogP contribution in [0.1, 0.15) is 22.8 Å². The van der Waals surface area contributed by atoms with Crippen molar-refractivity contribution in [3.05, 3.63) is 64.7 Å². The van der Waals surface area contributed by atoms with Crippen LogP contribution in [-0.2, 0) is 6.42 Å². The molecule has 3 rings (SSSR count). The highest BCUT2D eigenvalue weighted by Gasteiger charge is 2.31. The number of amides is 1. The number of hydrogen-bond donors (Lipinski definition) is 0. The molecule has 1 unspecified atom stereocenters. The van der Waals surface area contributed by atoms with Gasteiger partial charge in [0.15, 0.2) is 0 Å². The van der Waals surface area contributed by atoms with E-state index in [-0.39, 0.29) is 11.9 Å². The van der Waals surface area contributed by atoms with E-state index in [1.807, 2.05) is 35.2 Å². The zero-order valence-electron chi connectivity index (χ0n) is 10.6. The molecule has 1 aliphatic rings. The van der Waals surface area contributed by atoms with E-state index in [2.05, 4.69) is 13.0 Å². The minimum atomic E-state index is 0.0138. The van der Waals surface area contributed by atoms with Gasteiger partial charge in [0, 0.05) is 22.3 Å². The lowest BCUT2D eigenvalue weighted by molar-refractivity contribution is 0.0981. The molecule has 0 aliphatic carbocycles. The molecule has 19 heavy (non-hydrogen) atoms. The van der Waals surface area contributed by atoms with Crippen LogP contribution in [0.4, 0.5) is 5.69 Å². The van der Waals surface area contributed by atoms with Gasteiger partial charge in [-0.15, -0.1) is 0 Å². The van der Waals surface area contributed by atoms with Gasteiger partial charge in [0.2, 0.25) is 0 Å². The number of anilines is 1. The maximum absolute atomic E-state index is 12.6. The zero-order chi connectivity index (χ0) is 13.4. The van der Waals surface area contributed by atoms with Gasteiger partial charge in [0.25, 0.3) is 5.91 Å². The predicted molar refractivity (Wildman–Crippen MR) is 77.9 cm³/mol. The van der Waals surface area contributed by atoms with Gasteiger partial charge in [0.05, 0.1) is 0 Å². The van der Waals surface area contributed by atoms with E-state index in [4.69, 9.17) is 11.6 Å². The summed E-state index contributed by atoms with van der Waals surface area (Å²) < 4.78 is 0. The molecular formula is C16H14ClNO. The van der Waals surface area contributed by atoms with Crippen molar-refractivity contribution in [3.8, 4) is 0 Å². The second kappa shape index (κ2) is 4.71. The number of halogens is 1. The van der Waals surface area contributed by atoms with E-state index in [0.29, 0.717) is 10.6 Å². The quantitative estimate of drug-likeness (QED) is 0.769. The van der Waals surface area contributed by atoms with Crippen molar-refractivity contribution in [3.63, 3.8) is 0 Å². The minimum absolute atomic E-state index is 0.0138. The van der Waals surface area contributed by atoms with Gasteiger partial charge in [-0.3, -0.25) is 4.79 Å². The fraction of sp³-hybridized carbons (Fsp3) is 0.188. The monoisotopic (exact) mass is 271 g/mol. The average molecular weight is 272 g/mol. The maximum atomic E-state index is 12.6. The summed E-state index contributed by atoms with van der Waals surface area (Å²) in [7, 11) is 0. The van der Waals surface area contributed by atoms with Gasteiger partial charge in [-0.25, -0.2) is 0 Å². The smallest absolute Gasteiger partial charge is 0.258 e. The summed E-state index contributed by atoms with van der Waals surface area (Å²) in [5.74, 6) is 0.0138. The van der Waals surface area contributed by atoms with Crippen LogP contribution >= 0.6 is 11.6 Å². The second-order valence-corrected chi connectivity index (χ2v) is 5.30. The van der Waals surface area contributed by atoms with Crippen molar-refractivity contribution in [2.45, 2.75) is 19.4 Å². The van der Waals surface area contributed by atoms with Gasteiger partial charge >= 0.3 is 0 Å². The van der Waals surface area contributed by atoms with Crippen molar-refractivity contribution in [1.82, 2.24) is 0 Å². The molecule has 3 heteroatoms. The van der Waals surface area contributed by atoms with Crippen LogP contribution in [0, 0.1) is 0 Å². The van der Waals surface area contributed by atoms with Crippen molar-refractivity contribution in [2.75, 3.05) is 4.90 Å². The Bertz CT molecular complexity index is 638. The van der Waals surface area contributed by atoms with Crippen molar-refractivity contribution in [2.24, 2.45) is 0 Å². The van der Waals surface area contributed by atoms with E-state index in [9.17, 15) is 4.79 Å². The first-order chi connectivity index (χ1) is 9.16. The molecule has 1 aliphatic heterocycles. The lowest BCUT2D eigenvalue weighted by atomic mass is 10.1. The highest BCUT2D eigenvalue weighted by Crippen LogP contribution is 2.33. The lowest BCUT2D eigenvalue weighted by Crippen LogP contribution is -2.35. The molecule has 1 heterocycles. The molecule has 0 fully saturated rings. The molecule has 0 aromatic heterocycles. The molecule has 2 aromatic carbocycles. The average Bonchev–Trinajstić information content (AvgIpc) is 2.74. The van der Waals surface area contributed by atoms with Gasteiger partial charge in [-0.1, -0.05) is 35.9 Å². The normalized spacial score (nSPS) is 17.4. The second-order valence-electron chi connectivity index (χ2n) is 4.87. The van der Waals surface area contributed by atoms with Crippen LogP contribution in [0.15, 0.2) is 48.5 Å². The molecule has 1 atom stereocenters. The summed E-state index contributed by atoms with van der Waals surface area (Å²) in [4.78, 5) is 14.5. The molecule has 0 saturated heterocycles. The van der Waals surface area contributed by atoms with Crippen LogP contribution < -0.4 is 4.90 Å². The van der Waals surface area contributed by atoms with Crippen molar-refractivity contribution >= 4 is 23.2 Å². The minimum Gasteiger partial charge on any atom is -0.305 e. The summed E-state index contributed by atoms with van der Waals surface area (Å²) in [6.45, 7) is 2.07. The first-order valence-electron chi connectivity index (χ1n) is 6.34. The Hall–Kier alpha value is -1.80. The fourth-order valence-corrected chi connectivity index (χ4v) is 2.83.